The van der Waals surface area contributed by atoms with E-state index in [9.17, 15) is 19.8 Å². The van der Waals surface area contributed by atoms with Gasteiger partial charge in [0.25, 0.3) is 0 Å². The number of hydrogen-bond donors (Lipinski definition) is 3. The highest BCUT2D eigenvalue weighted by molar-refractivity contribution is 5.84. The van der Waals surface area contributed by atoms with Crippen molar-refractivity contribution in [3.05, 3.63) is 24.3 Å². The highest BCUT2D eigenvalue weighted by Gasteiger charge is 2.39. The van der Waals surface area contributed by atoms with Gasteiger partial charge in [0.15, 0.2) is 0 Å². The van der Waals surface area contributed by atoms with Gasteiger partial charge in [-0.05, 0) is 32.1 Å². The Labute approximate surface area is 150 Å². The number of aliphatic hydroxyl groups is 2. The summed E-state index contributed by atoms with van der Waals surface area (Å²) in [5.74, 6) is -1.57. The maximum Gasteiger partial charge on any atom is 0.303 e. The molecule has 1 aliphatic carbocycles. The first-order valence-corrected chi connectivity index (χ1v) is 9.39. The Morgan fingerprint density at radius 1 is 1.28 bits per heavy atom. The molecule has 0 unspecified atom stereocenters. The lowest BCUT2D eigenvalue weighted by Gasteiger charge is -2.17. The molecule has 1 saturated carbocycles. The predicted octanol–water partition coefficient (Wildman–Crippen LogP) is 3.25. The molecule has 0 aromatic carbocycles. The maximum absolute atomic E-state index is 12.0. The summed E-state index contributed by atoms with van der Waals surface area (Å²) in [6, 6.07) is 0. The summed E-state index contributed by atoms with van der Waals surface area (Å²) in [7, 11) is 0. The molecule has 0 aliphatic heterocycles. The monoisotopic (exact) mass is 352 g/mol. The van der Waals surface area contributed by atoms with Crippen LogP contribution in [0, 0.1) is 11.8 Å². The number of hydrogen-bond acceptors (Lipinski definition) is 4. The third-order valence-corrected chi connectivity index (χ3v) is 4.71. The first kappa shape index (κ1) is 21.6. The molecule has 5 heteroatoms. The molecule has 3 N–H and O–H groups in total. The zero-order valence-corrected chi connectivity index (χ0v) is 15.1. The van der Waals surface area contributed by atoms with Gasteiger partial charge in [-0.15, -0.1) is 0 Å². The Bertz CT molecular complexity index is 469. The average molecular weight is 352 g/mol. The van der Waals surface area contributed by atoms with E-state index in [1.165, 1.54) is 12.8 Å². The van der Waals surface area contributed by atoms with Gasteiger partial charge in [-0.3, -0.25) is 9.59 Å². The molecule has 25 heavy (non-hydrogen) atoms. The highest BCUT2D eigenvalue weighted by Crippen LogP contribution is 2.34. The molecular formula is C20H32O5. The normalized spacial score (nSPS) is 25.2. The fourth-order valence-corrected chi connectivity index (χ4v) is 3.27. The largest absolute Gasteiger partial charge is 0.481 e. The second kappa shape index (κ2) is 12.0. The zero-order valence-electron chi connectivity index (χ0n) is 15.1. The topological polar surface area (TPSA) is 94.8 Å². The quantitative estimate of drug-likeness (QED) is 0.370. The first-order chi connectivity index (χ1) is 12.0. The Morgan fingerprint density at radius 3 is 2.72 bits per heavy atom. The molecule has 5 nitrogen and oxygen atoms in total. The van der Waals surface area contributed by atoms with E-state index in [0.29, 0.717) is 19.3 Å². The molecule has 4 atom stereocenters. The molecule has 0 spiro atoms. The van der Waals surface area contributed by atoms with Crippen LogP contribution in [0.2, 0.25) is 0 Å². The van der Waals surface area contributed by atoms with Crippen molar-refractivity contribution in [3.63, 3.8) is 0 Å². The van der Waals surface area contributed by atoms with Crippen molar-refractivity contribution in [1.29, 1.82) is 0 Å². The number of carboxylic acids is 1. The molecule has 1 fully saturated rings. The number of allylic oxidation sites excluding steroid dienone is 1. The molecule has 0 saturated heterocycles. The van der Waals surface area contributed by atoms with Gasteiger partial charge in [0.2, 0.25) is 0 Å². The van der Waals surface area contributed by atoms with Crippen LogP contribution < -0.4 is 0 Å². The number of unbranched alkanes of at least 4 members (excludes halogenated alkanes) is 3. The second-order valence-corrected chi connectivity index (χ2v) is 6.86. The van der Waals surface area contributed by atoms with Gasteiger partial charge in [0.1, 0.15) is 5.78 Å². The standard InChI is InChI=1S/C20H32O5/c1-2-3-4-5-6-7-9-15(21)12-13-17-16(10-8-11-20(24)25)18(22)14-19(17)23/h6-7,12-13,15-17,19,21,23H,2-5,8-11,14H2,1H3,(H,24,25)/b7-6-,13-12+/t15-,16-,17+,19+/m0/s1. The smallest absolute Gasteiger partial charge is 0.303 e. The lowest BCUT2D eigenvalue weighted by atomic mass is 9.89. The summed E-state index contributed by atoms with van der Waals surface area (Å²) in [5.41, 5.74) is 0. The number of aliphatic hydroxyl groups excluding tert-OH is 2. The minimum absolute atomic E-state index is 0.0159. The van der Waals surface area contributed by atoms with E-state index in [-0.39, 0.29) is 30.5 Å². The van der Waals surface area contributed by atoms with Crippen LogP contribution in [0.1, 0.15) is 64.7 Å². The number of Topliss-reactive ketones (excluding diaryl/α,β-unsaturated/α-hetero) is 1. The fourth-order valence-electron chi connectivity index (χ4n) is 3.27. The van der Waals surface area contributed by atoms with E-state index in [1.54, 1.807) is 12.2 Å². The number of aliphatic carboxylic acids is 1. The van der Waals surface area contributed by atoms with Crippen molar-refractivity contribution >= 4 is 11.8 Å². The van der Waals surface area contributed by atoms with Gasteiger partial charge < -0.3 is 15.3 Å². The Kier molecular flexibility index (Phi) is 10.3. The number of carbonyl (C=O) groups is 2. The van der Waals surface area contributed by atoms with Crippen molar-refractivity contribution in [2.45, 2.75) is 76.9 Å². The van der Waals surface area contributed by atoms with Gasteiger partial charge in [0, 0.05) is 24.7 Å². The minimum atomic E-state index is -0.876. The summed E-state index contributed by atoms with van der Waals surface area (Å²) in [6.07, 6.45) is 12.2. The van der Waals surface area contributed by atoms with E-state index >= 15 is 0 Å². The Hall–Kier alpha value is -1.46. The van der Waals surface area contributed by atoms with Crippen LogP contribution in [0.3, 0.4) is 0 Å². The average Bonchev–Trinajstić information content (AvgIpc) is 2.82. The van der Waals surface area contributed by atoms with Crippen LogP contribution in [-0.4, -0.2) is 39.3 Å². The number of ketones is 1. The molecule has 0 bridgehead atoms. The van der Waals surface area contributed by atoms with Crippen LogP contribution in [0.25, 0.3) is 0 Å². The molecule has 0 heterocycles. The van der Waals surface area contributed by atoms with Gasteiger partial charge in [-0.25, -0.2) is 0 Å². The fraction of sp³-hybridized carbons (Fsp3) is 0.700. The summed E-state index contributed by atoms with van der Waals surface area (Å²) in [6.45, 7) is 2.16. The van der Waals surface area contributed by atoms with Gasteiger partial charge in [-0.1, -0.05) is 44.1 Å². The van der Waals surface area contributed by atoms with Crippen molar-refractivity contribution in [3.8, 4) is 0 Å². The lowest BCUT2D eigenvalue weighted by molar-refractivity contribution is -0.137. The SMILES string of the molecule is CCCCC/C=C\C[C@H](O)/C=C/[C@H]1[C@H](O)CC(=O)[C@H]1CCCC(=O)O. The van der Waals surface area contributed by atoms with Crippen molar-refractivity contribution in [1.82, 2.24) is 0 Å². The molecule has 0 aromatic rings. The summed E-state index contributed by atoms with van der Waals surface area (Å²) in [5, 5.41) is 28.8. The van der Waals surface area contributed by atoms with Gasteiger partial charge in [0.05, 0.1) is 12.2 Å². The summed E-state index contributed by atoms with van der Waals surface area (Å²) in [4.78, 5) is 22.6. The van der Waals surface area contributed by atoms with Crippen molar-refractivity contribution in [2.24, 2.45) is 11.8 Å². The lowest BCUT2D eigenvalue weighted by Crippen LogP contribution is -2.19. The van der Waals surface area contributed by atoms with E-state index in [2.05, 4.69) is 13.0 Å². The molecule has 0 radical (unpaired) electrons. The minimum Gasteiger partial charge on any atom is -0.481 e. The first-order valence-electron chi connectivity index (χ1n) is 9.39. The van der Waals surface area contributed by atoms with Crippen LogP contribution in [0.4, 0.5) is 0 Å². The highest BCUT2D eigenvalue weighted by atomic mass is 16.4. The molecular weight excluding hydrogens is 320 g/mol. The third kappa shape index (κ3) is 8.45. The van der Waals surface area contributed by atoms with Crippen LogP contribution in [0.15, 0.2) is 24.3 Å². The van der Waals surface area contributed by atoms with Crippen LogP contribution >= 0.6 is 0 Å². The maximum atomic E-state index is 12.0. The molecule has 142 valence electrons. The number of carboxylic acid groups (broad SMARTS) is 1. The van der Waals surface area contributed by atoms with E-state index < -0.39 is 18.2 Å². The van der Waals surface area contributed by atoms with Gasteiger partial charge in [-0.2, -0.15) is 0 Å². The Morgan fingerprint density at radius 2 is 2.04 bits per heavy atom. The van der Waals surface area contributed by atoms with E-state index in [0.717, 1.165) is 12.8 Å². The molecule has 0 aromatic heterocycles. The predicted molar refractivity (Wildman–Crippen MR) is 97.1 cm³/mol. The molecule has 1 aliphatic rings. The van der Waals surface area contributed by atoms with Crippen molar-refractivity contribution in [2.75, 3.05) is 0 Å². The number of rotatable bonds is 12. The summed E-state index contributed by atoms with van der Waals surface area (Å²) >= 11 is 0. The van der Waals surface area contributed by atoms with Crippen molar-refractivity contribution < 1.29 is 24.9 Å². The molecule has 1 rings (SSSR count). The second-order valence-electron chi connectivity index (χ2n) is 6.86. The van der Waals surface area contributed by atoms with Crippen LogP contribution in [-0.2, 0) is 9.59 Å². The Balaban J connectivity index is 2.45. The third-order valence-electron chi connectivity index (χ3n) is 4.71. The van der Waals surface area contributed by atoms with Crippen LogP contribution in [0.5, 0.6) is 0 Å². The van der Waals surface area contributed by atoms with E-state index in [1.807, 2.05) is 6.08 Å². The van der Waals surface area contributed by atoms with E-state index in [4.69, 9.17) is 5.11 Å². The van der Waals surface area contributed by atoms with Gasteiger partial charge >= 0.3 is 5.97 Å². The summed E-state index contributed by atoms with van der Waals surface area (Å²) < 4.78 is 0. The molecule has 0 amide bonds. The zero-order chi connectivity index (χ0) is 18.7. The number of carbonyl (C=O) groups excluding carboxylic acids is 1.